The van der Waals surface area contributed by atoms with E-state index in [0.717, 1.165) is 0 Å². The number of amides is 1. The Labute approximate surface area is 175 Å². The molecule has 8 heteroatoms. The lowest BCUT2D eigenvalue weighted by molar-refractivity contribution is -0.117. The fourth-order valence-electron chi connectivity index (χ4n) is 3.25. The van der Waals surface area contributed by atoms with Gasteiger partial charge in [0.25, 0.3) is 5.91 Å². The van der Waals surface area contributed by atoms with Crippen LogP contribution in [0.2, 0.25) is 10.0 Å². The number of carbonyl (C=O) groups excluding carboxylic acids is 2. The molecule has 1 aliphatic rings. The molecule has 0 bridgehead atoms. The van der Waals surface area contributed by atoms with Gasteiger partial charge in [0.2, 0.25) is 5.78 Å². The molecule has 1 unspecified atom stereocenters. The fourth-order valence-corrected chi connectivity index (χ4v) is 3.57. The maximum absolute atomic E-state index is 13.0. The minimum atomic E-state index is -0.987. The number of aliphatic hydroxyl groups excluding tert-OH is 1. The molecule has 6 nitrogen and oxygen atoms in total. The number of phenols is 1. The number of nitrogens with zero attached hydrogens (tertiary/aromatic N) is 1. The Kier molecular flexibility index (Phi) is 4.82. The summed E-state index contributed by atoms with van der Waals surface area (Å²) in [6, 6.07) is 12.7. The lowest BCUT2D eigenvalue weighted by atomic mass is 9.94. The third-order valence-electron chi connectivity index (χ3n) is 4.59. The van der Waals surface area contributed by atoms with E-state index in [1.807, 2.05) is 0 Å². The van der Waals surface area contributed by atoms with Crippen LogP contribution in [0.4, 0.5) is 5.69 Å². The molecule has 2 heterocycles. The van der Waals surface area contributed by atoms with Gasteiger partial charge < -0.3 is 14.6 Å². The second-order valence-electron chi connectivity index (χ2n) is 6.33. The number of aromatic hydroxyl groups is 1. The van der Waals surface area contributed by atoms with Crippen LogP contribution in [0, 0.1) is 0 Å². The molecule has 1 aliphatic heterocycles. The Morgan fingerprint density at radius 2 is 1.76 bits per heavy atom. The van der Waals surface area contributed by atoms with E-state index < -0.39 is 23.5 Å². The van der Waals surface area contributed by atoms with Gasteiger partial charge in [0.1, 0.15) is 5.75 Å². The van der Waals surface area contributed by atoms with Crippen LogP contribution < -0.4 is 4.90 Å². The van der Waals surface area contributed by atoms with Gasteiger partial charge in [-0.15, -0.1) is 0 Å². The SMILES string of the molecule is O=C(C1=C(O)C(=O)N(c2ccc(Cl)cc2)C1c1ccc(O)c(Cl)c1)c1ccco1. The summed E-state index contributed by atoms with van der Waals surface area (Å²) in [6.07, 6.45) is 1.32. The maximum atomic E-state index is 13.0. The lowest BCUT2D eigenvalue weighted by Gasteiger charge is -2.27. The number of ketones is 1. The van der Waals surface area contributed by atoms with E-state index in [-0.39, 0.29) is 22.1 Å². The third kappa shape index (κ3) is 3.26. The minimum Gasteiger partial charge on any atom is -0.506 e. The van der Waals surface area contributed by atoms with Crippen LogP contribution in [0.25, 0.3) is 0 Å². The number of anilines is 1. The summed E-state index contributed by atoms with van der Waals surface area (Å²) < 4.78 is 5.17. The van der Waals surface area contributed by atoms with Gasteiger partial charge in [-0.25, -0.2) is 0 Å². The predicted molar refractivity (Wildman–Crippen MR) is 107 cm³/mol. The molecule has 0 radical (unpaired) electrons. The van der Waals surface area contributed by atoms with E-state index in [2.05, 4.69) is 0 Å². The Bertz CT molecular complexity index is 1140. The molecule has 29 heavy (non-hydrogen) atoms. The molecule has 1 atom stereocenters. The molecule has 0 saturated carbocycles. The molecule has 0 spiro atoms. The van der Waals surface area contributed by atoms with Crippen molar-refractivity contribution in [3.63, 3.8) is 0 Å². The van der Waals surface area contributed by atoms with Gasteiger partial charge >= 0.3 is 0 Å². The summed E-state index contributed by atoms with van der Waals surface area (Å²) in [5, 5.41) is 20.9. The normalized spacial score (nSPS) is 16.6. The number of phenolic OH excluding ortho intramolecular Hbond substituents is 1. The molecule has 0 aliphatic carbocycles. The summed E-state index contributed by atoms with van der Waals surface area (Å²) in [5.74, 6) is -2.24. The van der Waals surface area contributed by atoms with E-state index in [0.29, 0.717) is 16.3 Å². The number of benzene rings is 2. The van der Waals surface area contributed by atoms with Crippen LogP contribution in [0.3, 0.4) is 0 Å². The third-order valence-corrected chi connectivity index (χ3v) is 5.14. The molecule has 4 rings (SSSR count). The second kappa shape index (κ2) is 7.31. The first kappa shape index (κ1) is 19.1. The highest BCUT2D eigenvalue weighted by Gasteiger charge is 2.45. The molecule has 3 aromatic rings. The summed E-state index contributed by atoms with van der Waals surface area (Å²) in [6.45, 7) is 0. The lowest BCUT2D eigenvalue weighted by Crippen LogP contribution is -2.31. The summed E-state index contributed by atoms with van der Waals surface area (Å²) >= 11 is 12.0. The van der Waals surface area contributed by atoms with Crippen molar-refractivity contribution in [1.29, 1.82) is 0 Å². The summed E-state index contributed by atoms with van der Waals surface area (Å²) in [4.78, 5) is 27.2. The molecule has 146 valence electrons. The number of furan rings is 1. The quantitative estimate of drug-likeness (QED) is 0.564. The highest BCUT2D eigenvalue weighted by atomic mass is 35.5. The van der Waals surface area contributed by atoms with E-state index in [9.17, 15) is 19.8 Å². The van der Waals surface area contributed by atoms with Crippen molar-refractivity contribution in [2.75, 3.05) is 4.90 Å². The number of aliphatic hydroxyl groups is 1. The van der Waals surface area contributed by atoms with Gasteiger partial charge in [-0.05, 0) is 54.1 Å². The number of carbonyl (C=O) groups is 2. The van der Waals surface area contributed by atoms with Crippen LogP contribution in [0.5, 0.6) is 5.75 Å². The van der Waals surface area contributed by atoms with Crippen molar-refractivity contribution in [1.82, 2.24) is 0 Å². The number of rotatable bonds is 4. The number of hydrogen-bond donors (Lipinski definition) is 2. The van der Waals surface area contributed by atoms with Crippen molar-refractivity contribution >= 4 is 40.6 Å². The Morgan fingerprint density at radius 1 is 1.03 bits per heavy atom. The van der Waals surface area contributed by atoms with Crippen LogP contribution in [-0.4, -0.2) is 21.9 Å². The molecule has 2 aromatic carbocycles. The number of Topliss-reactive ketones (excluding diaryl/α,β-unsaturated/α-hetero) is 1. The first-order valence-corrected chi connectivity index (χ1v) is 9.23. The number of halogens is 2. The van der Waals surface area contributed by atoms with Gasteiger partial charge in [0.15, 0.2) is 11.5 Å². The summed E-state index contributed by atoms with van der Waals surface area (Å²) in [5.41, 5.74) is 0.694. The zero-order chi connectivity index (χ0) is 20.7. The van der Waals surface area contributed by atoms with Crippen molar-refractivity contribution < 1.29 is 24.2 Å². The molecule has 0 saturated heterocycles. The first-order chi connectivity index (χ1) is 13.9. The number of hydrogen-bond acceptors (Lipinski definition) is 5. The van der Waals surface area contributed by atoms with Crippen molar-refractivity contribution in [3.05, 3.63) is 93.6 Å². The topological polar surface area (TPSA) is 91.0 Å². The predicted octanol–water partition coefficient (Wildman–Crippen LogP) is 5.07. The molecule has 1 aromatic heterocycles. The van der Waals surface area contributed by atoms with Gasteiger partial charge in [0.05, 0.1) is 22.9 Å². The van der Waals surface area contributed by atoms with E-state index >= 15 is 0 Å². The maximum Gasteiger partial charge on any atom is 0.294 e. The smallest absolute Gasteiger partial charge is 0.294 e. The molecular weight excluding hydrogens is 417 g/mol. The Hall–Kier alpha value is -3.22. The standard InChI is InChI=1S/C21H13Cl2NO5/c22-12-4-6-13(7-5-12)24-18(11-3-8-15(25)14(23)10-11)17(20(27)21(24)28)19(26)16-2-1-9-29-16/h1-10,18,25,27H. The second-order valence-corrected chi connectivity index (χ2v) is 7.18. The zero-order valence-corrected chi connectivity index (χ0v) is 16.2. The van der Waals surface area contributed by atoms with Crippen LogP contribution in [0.15, 0.2) is 76.6 Å². The average Bonchev–Trinajstić information content (AvgIpc) is 3.32. The van der Waals surface area contributed by atoms with Crippen molar-refractivity contribution in [2.24, 2.45) is 0 Å². The highest BCUT2D eigenvalue weighted by Crippen LogP contribution is 2.43. The van der Waals surface area contributed by atoms with Gasteiger partial charge in [-0.2, -0.15) is 0 Å². The molecule has 2 N–H and O–H groups in total. The van der Waals surface area contributed by atoms with Crippen LogP contribution >= 0.6 is 23.2 Å². The largest absolute Gasteiger partial charge is 0.506 e. The van der Waals surface area contributed by atoms with E-state index in [1.54, 1.807) is 24.3 Å². The monoisotopic (exact) mass is 429 g/mol. The Morgan fingerprint density at radius 3 is 2.38 bits per heavy atom. The summed E-state index contributed by atoms with van der Waals surface area (Å²) in [7, 11) is 0. The molecule has 0 fully saturated rings. The van der Waals surface area contributed by atoms with Gasteiger partial charge in [-0.1, -0.05) is 29.3 Å². The zero-order valence-electron chi connectivity index (χ0n) is 14.7. The average molecular weight is 430 g/mol. The van der Waals surface area contributed by atoms with Crippen LogP contribution in [0.1, 0.15) is 22.2 Å². The Balaban J connectivity index is 1.90. The van der Waals surface area contributed by atoms with Gasteiger partial charge in [-0.3, -0.25) is 14.5 Å². The highest BCUT2D eigenvalue weighted by molar-refractivity contribution is 6.32. The molecule has 1 amide bonds. The van der Waals surface area contributed by atoms with Crippen LogP contribution in [-0.2, 0) is 4.79 Å². The van der Waals surface area contributed by atoms with E-state index in [1.165, 1.54) is 41.5 Å². The first-order valence-electron chi connectivity index (χ1n) is 8.47. The van der Waals surface area contributed by atoms with Crippen molar-refractivity contribution in [3.8, 4) is 5.75 Å². The van der Waals surface area contributed by atoms with E-state index in [4.69, 9.17) is 27.6 Å². The van der Waals surface area contributed by atoms with Crippen molar-refractivity contribution in [2.45, 2.75) is 6.04 Å². The fraction of sp³-hybridized carbons (Fsp3) is 0.0476. The molecular formula is C21H13Cl2NO5. The minimum absolute atomic E-state index is 0.0211. The van der Waals surface area contributed by atoms with Gasteiger partial charge in [0, 0.05) is 10.7 Å².